The first-order valence-corrected chi connectivity index (χ1v) is 8.04. The van der Waals surface area contributed by atoms with E-state index in [4.69, 9.17) is 5.11 Å². The number of nitrogens with one attached hydrogen (secondary N) is 1. The van der Waals surface area contributed by atoms with Gasteiger partial charge in [0, 0.05) is 16.6 Å². The Morgan fingerprint density at radius 1 is 1.13 bits per heavy atom. The minimum atomic E-state index is -0.928. The highest BCUT2D eigenvalue weighted by Crippen LogP contribution is 2.29. The van der Waals surface area contributed by atoms with Gasteiger partial charge in [0.15, 0.2) is 5.13 Å². The van der Waals surface area contributed by atoms with Crippen LogP contribution in [-0.2, 0) is 0 Å². The van der Waals surface area contributed by atoms with E-state index in [9.17, 15) is 4.79 Å². The Bertz CT molecular complexity index is 854. The van der Waals surface area contributed by atoms with E-state index >= 15 is 0 Å². The predicted molar refractivity (Wildman–Crippen MR) is 93.7 cm³/mol. The fourth-order valence-electron chi connectivity index (χ4n) is 2.38. The van der Waals surface area contributed by atoms with Crippen LogP contribution < -0.4 is 5.32 Å². The molecule has 0 saturated carbocycles. The molecule has 2 N–H and O–H groups in total. The van der Waals surface area contributed by atoms with Crippen molar-refractivity contribution < 1.29 is 9.90 Å². The fourth-order valence-corrected chi connectivity index (χ4v) is 3.11. The van der Waals surface area contributed by atoms with Crippen molar-refractivity contribution in [2.24, 2.45) is 0 Å². The number of aromatic nitrogens is 1. The summed E-state index contributed by atoms with van der Waals surface area (Å²) in [5, 5.41) is 14.9. The minimum absolute atomic E-state index is 0.269. The lowest BCUT2D eigenvalue weighted by Crippen LogP contribution is -1.96. The van der Waals surface area contributed by atoms with Gasteiger partial charge in [-0.1, -0.05) is 23.8 Å². The lowest BCUT2D eigenvalue weighted by molar-refractivity contribution is 0.0697. The van der Waals surface area contributed by atoms with Crippen molar-refractivity contribution in [3.05, 3.63) is 64.5 Å². The van der Waals surface area contributed by atoms with E-state index in [0.717, 1.165) is 22.1 Å². The van der Waals surface area contributed by atoms with Gasteiger partial charge < -0.3 is 10.4 Å². The molecule has 0 bridgehead atoms. The number of aromatic carboxylic acids is 1. The molecule has 0 aliphatic carbocycles. The van der Waals surface area contributed by atoms with Crippen LogP contribution in [0.4, 0.5) is 10.8 Å². The molecule has 5 heteroatoms. The van der Waals surface area contributed by atoms with Crippen LogP contribution in [0.25, 0.3) is 11.3 Å². The Kier molecular flexibility index (Phi) is 4.12. The molecule has 116 valence electrons. The topological polar surface area (TPSA) is 62.2 Å². The van der Waals surface area contributed by atoms with Crippen molar-refractivity contribution in [3.63, 3.8) is 0 Å². The van der Waals surface area contributed by atoms with E-state index in [2.05, 4.69) is 42.3 Å². The predicted octanol–water partition coefficient (Wildman–Crippen LogP) is 4.87. The highest BCUT2D eigenvalue weighted by atomic mass is 32.1. The molecule has 0 amide bonds. The fraction of sp³-hybridized carbons (Fsp3) is 0.111. The monoisotopic (exact) mass is 324 g/mol. The average molecular weight is 324 g/mol. The quantitative estimate of drug-likeness (QED) is 0.719. The molecule has 0 aliphatic heterocycles. The normalized spacial score (nSPS) is 10.5. The Morgan fingerprint density at radius 3 is 2.52 bits per heavy atom. The van der Waals surface area contributed by atoms with Crippen LogP contribution in [-0.4, -0.2) is 16.1 Å². The van der Waals surface area contributed by atoms with Gasteiger partial charge in [0.2, 0.25) is 0 Å². The SMILES string of the molecule is Cc1ccc(-c2csc(Nc3ccc(C(=O)O)cc3)n2)c(C)c1. The number of carbonyl (C=O) groups is 1. The molecular formula is C18H16N2O2S. The third-order valence-corrected chi connectivity index (χ3v) is 4.30. The maximum absolute atomic E-state index is 10.9. The van der Waals surface area contributed by atoms with Crippen molar-refractivity contribution in [1.29, 1.82) is 0 Å². The Morgan fingerprint density at radius 2 is 1.87 bits per heavy atom. The van der Waals surface area contributed by atoms with Crippen molar-refractivity contribution in [2.75, 3.05) is 5.32 Å². The first-order chi connectivity index (χ1) is 11.0. The van der Waals surface area contributed by atoms with Crippen molar-refractivity contribution in [3.8, 4) is 11.3 Å². The summed E-state index contributed by atoms with van der Waals surface area (Å²) in [6.07, 6.45) is 0. The number of aryl methyl sites for hydroxylation is 2. The van der Waals surface area contributed by atoms with Gasteiger partial charge in [-0.25, -0.2) is 9.78 Å². The number of hydrogen-bond donors (Lipinski definition) is 2. The number of carboxylic acid groups (broad SMARTS) is 1. The molecule has 0 saturated heterocycles. The van der Waals surface area contributed by atoms with Gasteiger partial charge in [-0.15, -0.1) is 11.3 Å². The largest absolute Gasteiger partial charge is 0.478 e. The molecule has 0 atom stereocenters. The van der Waals surface area contributed by atoms with E-state index in [0.29, 0.717) is 0 Å². The van der Waals surface area contributed by atoms with Gasteiger partial charge in [-0.05, 0) is 43.7 Å². The number of nitrogens with zero attached hydrogens (tertiary/aromatic N) is 1. The molecule has 3 aromatic rings. The molecular weight excluding hydrogens is 308 g/mol. The van der Waals surface area contributed by atoms with Crippen LogP contribution in [0.5, 0.6) is 0 Å². The average Bonchev–Trinajstić information content (AvgIpc) is 2.96. The molecule has 1 aromatic heterocycles. The lowest BCUT2D eigenvalue weighted by Gasteiger charge is -2.04. The number of hydrogen-bond acceptors (Lipinski definition) is 4. The second-order valence-electron chi connectivity index (χ2n) is 5.36. The van der Waals surface area contributed by atoms with Crippen LogP contribution in [0.15, 0.2) is 47.8 Å². The Balaban J connectivity index is 1.80. The Hall–Kier alpha value is -2.66. The van der Waals surface area contributed by atoms with E-state index in [1.165, 1.54) is 22.5 Å². The zero-order valence-corrected chi connectivity index (χ0v) is 13.6. The maximum atomic E-state index is 10.9. The first-order valence-electron chi connectivity index (χ1n) is 7.16. The van der Waals surface area contributed by atoms with E-state index in [1.54, 1.807) is 24.3 Å². The number of carboxylic acids is 1. The second-order valence-corrected chi connectivity index (χ2v) is 6.22. The molecule has 0 spiro atoms. The number of benzene rings is 2. The smallest absolute Gasteiger partial charge is 0.335 e. The first kappa shape index (κ1) is 15.2. The number of anilines is 2. The van der Waals surface area contributed by atoms with Crippen molar-refractivity contribution in [2.45, 2.75) is 13.8 Å². The van der Waals surface area contributed by atoms with Gasteiger partial charge in [0.25, 0.3) is 0 Å². The van der Waals surface area contributed by atoms with Crippen LogP contribution >= 0.6 is 11.3 Å². The van der Waals surface area contributed by atoms with Gasteiger partial charge >= 0.3 is 5.97 Å². The molecule has 3 rings (SSSR count). The van der Waals surface area contributed by atoms with Crippen LogP contribution in [0.2, 0.25) is 0 Å². The highest BCUT2D eigenvalue weighted by molar-refractivity contribution is 7.14. The zero-order chi connectivity index (χ0) is 16.4. The standard InChI is InChI=1S/C18H16N2O2S/c1-11-3-8-15(12(2)9-11)16-10-23-18(20-16)19-14-6-4-13(5-7-14)17(21)22/h3-10H,1-2H3,(H,19,20)(H,21,22). The van der Waals surface area contributed by atoms with Gasteiger partial charge in [0.1, 0.15) is 0 Å². The highest BCUT2D eigenvalue weighted by Gasteiger charge is 2.08. The Labute approximate surface area is 138 Å². The third-order valence-electron chi connectivity index (χ3n) is 3.55. The summed E-state index contributed by atoms with van der Waals surface area (Å²) < 4.78 is 0. The van der Waals surface area contributed by atoms with Crippen molar-refractivity contribution >= 4 is 28.1 Å². The van der Waals surface area contributed by atoms with Crippen molar-refractivity contribution in [1.82, 2.24) is 4.98 Å². The molecule has 0 fully saturated rings. The third kappa shape index (κ3) is 3.40. The number of rotatable bonds is 4. The van der Waals surface area contributed by atoms with Crippen LogP contribution in [0.1, 0.15) is 21.5 Å². The van der Waals surface area contributed by atoms with E-state index in [1.807, 2.05) is 5.38 Å². The number of thiazole rings is 1. The summed E-state index contributed by atoms with van der Waals surface area (Å²) in [6.45, 7) is 4.16. The summed E-state index contributed by atoms with van der Waals surface area (Å²) in [5.74, 6) is -0.928. The van der Waals surface area contributed by atoms with E-state index < -0.39 is 5.97 Å². The lowest BCUT2D eigenvalue weighted by atomic mass is 10.0. The second kappa shape index (κ2) is 6.22. The molecule has 0 unspecified atom stereocenters. The van der Waals surface area contributed by atoms with Crippen LogP contribution in [0, 0.1) is 13.8 Å². The summed E-state index contributed by atoms with van der Waals surface area (Å²) in [7, 11) is 0. The van der Waals surface area contributed by atoms with Gasteiger partial charge in [-0.2, -0.15) is 0 Å². The molecule has 2 aromatic carbocycles. The molecule has 23 heavy (non-hydrogen) atoms. The summed E-state index contributed by atoms with van der Waals surface area (Å²) in [4.78, 5) is 15.5. The van der Waals surface area contributed by atoms with E-state index in [-0.39, 0.29) is 5.56 Å². The molecule has 0 aliphatic rings. The minimum Gasteiger partial charge on any atom is -0.478 e. The summed E-state index contributed by atoms with van der Waals surface area (Å²) in [5.41, 5.74) is 5.59. The summed E-state index contributed by atoms with van der Waals surface area (Å²) in [6, 6.07) is 12.9. The van der Waals surface area contributed by atoms with Gasteiger partial charge in [0.05, 0.1) is 11.3 Å². The van der Waals surface area contributed by atoms with Gasteiger partial charge in [-0.3, -0.25) is 0 Å². The van der Waals surface area contributed by atoms with Crippen LogP contribution in [0.3, 0.4) is 0 Å². The molecule has 4 nitrogen and oxygen atoms in total. The molecule has 1 heterocycles. The summed E-state index contributed by atoms with van der Waals surface area (Å²) >= 11 is 1.52. The molecule has 0 radical (unpaired) electrons. The maximum Gasteiger partial charge on any atom is 0.335 e. The zero-order valence-electron chi connectivity index (χ0n) is 12.8.